The van der Waals surface area contributed by atoms with Gasteiger partial charge in [0.05, 0.1) is 7.11 Å². The van der Waals surface area contributed by atoms with Crippen LogP contribution >= 0.6 is 0 Å². The van der Waals surface area contributed by atoms with Crippen molar-refractivity contribution in [3.63, 3.8) is 0 Å². The number of hydrogen-bond donors (Lipinski definition) is 2. The Kier molecular flexibility index (Phi) is 6.76. The molecule has 1 amide bonds. The summed E-state index contributed by atoms with van der Waals surface area (Å²) in [5.74, 6) is 1.51. The number of benzene rings is 2. The number of hydrogen-bond acceptors (Lipinski definition) is 6. The molecule has 3 aromatic rings. The van der Waals surface area contributed by atoms with Gasteiger partial charge in [-0.05, 0) is 26.2 Å². The smallest absolute Gasteiger partial charge is 0.270 e. The molecule has 0 fully saturated rings. The quantitative estimate of drug-likeness (QED) is 0.614. The van der Waals surface area contributed by atoms with Crippen LogP contribution in [0.5, 0.6) is 5.75 Å². The van der Waals surface area contributed by atoms with Gasteiger partial charge in [0.1, 0.15) is 17.3 Å². The third kappa shape index (κ3) is 5.76. The molecule has 3 rings (SSSR count). The van der Waals surface area contributed by atoms with Crippen LogP contribution in [-0.2, 0) is 0 Å². The highest BCUT2D eigenvalue weighted by atomic mass is 16.5. The second-order valence-corrected chi connectivity index (χ2v) is 6.74. The molecule has 0 aliphatic heterocycles. The van der Waals surface area contributed by atoms with Crippen molar-refractivity contribution in [2.24, 2.45) is 0 Å². The first-order valence-electron chi connectivity index (χ1n) is 9.33. The van der Waals surface area contributed by atoms with Gasteiger partial charge in [0.25, 0.3) is 5.91 Å². The van der Waals surface area contributed by atoms with Crippen molar-refractivity contribution in [1.29, 1.82) is 0 Å². The number of anilines is 2. The molecule has 0 saturated heterocycles. The highest BCUT2D eigenvalue weighted by molar-refractivity contribution is 5.93. The van der Waals surface area contributed by atoms with Crippen LogP contribution in [0.1, 0.15) is 10.5 Å². The largest absolute Gasteiger partial charge is 0.497 e. The maximum absolute atomic E-state index is 12.6. The Balaban J connectivity index is 1.91. The van der Waals surface area contributed by atoms with E-state index < -0.39 is 0 Å². The molecule has 7 heteroatoms. The van der Waals surface area contributed by atoms with Gasteiger partial charge in [-0.15, -0.1) is 0 Å². The van der Waals surface area contributed by atoms with Gasteiger partial charge in [-0.3, -0.25) is 4.79 Å². The second-order valence-electron chi connectivity index (χ2n) is 6.74. The second kappa shape index (κ2) is 9.66. The number of nitrogens with one attached hydrogen (secondary N) is 2. The van der Waals surface area contributed by atoms with Gasteiger partial charge >= 0.3 is 0 Å². The number of likely N-dealkylation sites (N-methyl/N-ethyl adjacent to an activating group) is 1. The third-order valence-electron chi connectivity index (χ3n) is 4.18. The fourth-order valence-electron chi connectivity index (χ4n) is 2.68. The number of aromatic nitrogens is 2. The molecule has 1 heterocycles. The number of nitrogens with zero attached hydrogens (tertiary/aromatic N) is 3. The first-order valence-corrected chi connectivity index (χ1v) is 9.33. The summed E-state index contributed by atoms with van der Waals surface area (Å²) in [6.45, 7) is 1.28. The normalized spacial score (nSPS) is 10.6. The minimum atomic E-state index is -0.236. The van der Waals surface area contributed by atoms with Crippen LogP contribution in [-0.4, -0.2) is 55.1 Å². The highest BCUT2D eigenvalue weighted by Crippen LogP contribution is 2.23. The molecule has 2 aromatic carbocycles. The summed E-state index contributed by atoms with van der Waals surface area (Å²) < 4.78 is 5.27. The van der Waals surface area contributed by atoms with E-state index in [1.807, 2.05) is 73.6 Å². The lowest BCUT2D eigenvalue weighted by molar-refractivity contribution is 0.0946. The highest BCUT2D eigenvalue weighted by Gasteiger charge is 2.13. The zero-order valence-corrected chi connectivity index (χ0v) is 16.8. The van der Waals surface area contributed by atoms with Gasteiger partial charge in [-0.25, -0.2) is 9.97 Å². The molecule has 2 N–H and O–H groups in total. The predicted molar refractivity (Wildman–Crippen MR) is 115 cm³/mol. The minimum Gasteiger partial charge on any atom is -0.497 e. The number of ether oxygens (including phenoxy) is 1. The summed E-state index contributed by atoms with van der Waals surface area (Å²) in [5, 5.41) is 6.14. The maximum Gasteiger partial charge on any atom is 0.270 e. The van der Waals surface area contributed by atoms with Crippen LogP contribution in [0.3, 0.4) is 0 Å². The van der Waals surface area contributed by atoms with Crippen molar-refractivity contribution >= 4 is 17.4 Å². The Bertz CT molecular complexity index is 960. The van der Waals surface area contributed by atoms with Crippen molar-refractivity contribution < 1.29 is 9.53 Å². The molecule has 150 valence electrons. The van der Waals surface area contributed by atoms with Gasteiger partial charge in [-0.2, -0.15) is 0 Å². The van der Waals surface area contributed by atoms with Gasteiger partial charge in [0.15, 0.2) is 5.82 Å². The lowest BCUT2D eigenvalue weighted by Crippen LogP contribution is -2.32. The fourth-order valence-corrected chi connectivity index (χ4v) is 2.68. The Morgan fingerprint density at radius 2 is 1.83 bits per heavy atom. The summed E-state index contributed by atoms with van der Waals surface area (Å²) in [6.07, 6.45) is 0. The van der Waals surface area contributed by atoms with E-state index in [0.717, 1.165) is 23.5 Å². The topological polar surface area (TPSA) is 79.4 Å². The van der Waals surface area contributed by atoms with Crippen molar-refractivity contribution in [3.05, 3.63) is 66.4 Å². The average Bonchev–Trinajstić information content (AvgIpc) is 2.74. The van der Waals surface area contributed by atoms with Crippen molar-refractivity contribution in [1.82, 2.24) is 20.2 Å². The van der Waals surface area contributed by atoms with Crippen LogP contribution in [0.25, 0.3) is 11.4 Å². The molecule has 7 nitrogen and oxygen atoms in total. The Morgan fingerprint density at radius 1 is 1.03 bits per heavy atom. The zero-order valence-electron chi connectivity index (χ0n) is 16.8. The Hall–Kier alpha value is -3.45. The number of rotatable bonds is 8. The molecule has 1 aromatic heterocycles. The van der Waals surface area contributed by atoms with Crippen LogP contribution in [0, 0.1) is 0 Å². The summed E-state index contributed by atoms with van der Waals surface area (Å²) >= 11 is 0. The molecule has 0 spiro atoms. The summed E-state index contributed by atoms with van der Waals surface area (Å²) in [6, 6.07) is 18.8. The lowest BCUT2D eigenvalue weighted by Gasteiger charge is -2.12. The van der Waals surface area contributed by atoms with E-state index in [9.17, 15) is 4.79 Å². The van der Waals surface area contributed by atoms with E-state index >= 15 is 0 Å². The van der Waals surface area contributed by atoms with Crippen molar-refractivity contribution in [2.45, 2.75) is 0 Å². The first kappa shape index (κ1) is 20.3. The standard InChI is InChI=1S/C22H25N5O2/c1-27(2)13-12-23-22(28)19-15-20(24-17-10-7-11-18(14-17)29-3)26-21(25-19)16-8-5-4-6-9-16/h4-11,14-15H,12-13H2,1-3H3,(H,23,28)(H,24,25,26). The molecule has 0 aliphatic rings. The maximum atomic E-state index is 12.6. The SMILES string of the molecule is COc1cccc(Nc2cc(C(=O)NCCN(C)C)nc(-c3ccccc3)n2)c1. The van der Waals surface area contributed by atoms with Gasteiger partial charge in [-0.1, -0.05) is 36.4 Å². The summed E-state index contributed by atoms with van der Waals surface area (Å²) in [7, 11) is 5.54. The van der Waals surface area contributed by atoms with E-state index in [1.54, 1.807) is 13.2 Å². The monoisotopic (exact) mass is 391 g/mol. The number of carbonyl (C=O) groups is 1. The number of amides is 1. The van der Waals surface area contributed by atoms with Gasteiger partial charge < -0.3 is 20.3 Å². The van der Waals surface area contributed by atoms with Crippen LogP contribution in [0.4, 0.5) is 11.5 Å². The van der Waals surface area contributed by atoms with Gasteiger partial charge in [0, 0.05) is 36.5 Å². The molecule has 0 aliphatic carbocycles. The number of methoxy groups -OCH3 is 1. The van der Waals surface area contributed by atoms with Crippen LogP contribution < -0.4 is 15.4 Å². The molecule has 0 bridgehead atoms. The van der Waals surface area contributed by atoms with E-state index in [-0.39, 0.29) is 5.91 Å². The number of carbonyl (C=O) groups excluding carboxylic acids is 1. The van der Waals surface area contributed by atoms with Crippen molar-refractivity contribution in [2.75, 3.05) is 39.6 Å². The van der Waals surface area contributed by atoms with E-state index in [0.29, 0.717) is 23.9 Å². The first-order chi connectivity index (χ1) is 14.0. The summed E-state index contributed by atoms with van der Waals surface area (Å²) in [4.78, 5) is 23.7. The molecular weight excluding hydrogens is 366 g/mol. The average molecular weight is 391 g/mol. The third-order valence-corrected chi connectivity index (χ3v) is 4.18. The summed E-state index contributed by atoms with van der Waals surface area (Å²) in [5.41, 5.74) is 1.95. The van der Waals surface area contributed by atoms with Crippen molar-refractivity contribution in [3.8, 4) is 17.1 Å². The van der Waals surface area contributed by atoms with E-state index in [1.165, 1.54) is 0 Å². The fraction of sp³-hybridized carbons (Fsp3) is 0.227. The zero-order chi connectivity index (χ0) is 20.6. The van der Waals surface area contributed by atoms with Crippen LogP contribution in [0.2, 0.25) is 0 Å². The molecule has 0 radical (unpaired) electrons. The van der Waals surface area contributed by atoms with E-state index in [2.05, 4.69) is 20.6 Å². The molecule has 29 heavy (non-hydrogen) atoms. The van der Waals surface area contributed by atoms with E-state index in [4.69, 9.17) is 4.74 Å². The molecule has 0 saturated carbocycles. The minimum absolute atomic E-state index is 0.236. The molecule has 0 unspecified atom stereocenters. The predicted octanol–water partition coefficient (Wildman–Crippen LogP) is 3.19. The Morgan fingerprint density at radius 3 is 2.55 bits per heavy atom. The lowest BCUT2D eigenvalue weighted by atomic mass is 10.2. The van der Waals surface area contributed by atoms with Crippen LogP contribution in [0.15, 0.2) is 60.7 Å². The Labute approximate surface area is 170 Å². The van der Waals surface area contributed by atoms with Gasteiger partial charge in [0.2, 0.25) is 0 Å². The molecule has 0 atom stereocenters. The molecular formula is C22H25N5O2.